The van der Waals surface area contributed by atoms with Crippen molar-refractivity contribution in [3.8, 4) is 0 Å². The van der Waals surface area contributed by atoms with Gasteiger partial charge in [-0.1, -0.05) is 44.6 Å². The van der Waals surface area contributed by atoms with E-state index in [1.54, 1.807) is 4.57 Å². The standard InChI is InChI=1S/C22H33N3O2/c1-14-15(9-8-10-16(14)22(5,6)27)17-11-12-18-19(23-17)24(7)20(26)25(18)13-21(2,3)4/h8,10,12,15,17,27H,9,11,13H2,1-7H3. The lowest BCUT2D eigenvalue weighted by atomic mass is 9.77. The summed E-state index contributed by atoms with van der Waals surface area (Å²) in [6.45, 7) is 12.9. The lowest BCUT2D eigenvalue weighted by Gasteiger charge is -2.32. The van der Waals surface area contributed by atoms with Crippen LogP contribution in [0.2, 0.25) is 0 Å². The Bertz CT molecular complexity index is 975. The van der Waals surface area contributed by atoms with E-state index in [4.69, 9.17) is 4.99 Å². The molecule has 27 heavy (non-hydrogen) atoms. The molecule has 1 aliphatic heterocycles. The van der Waals surface area contributed by atoms with Gasteiger partial charge in [-0.05, 0) is 44.6 Å². The number of hydrogen-bond acceptors (Lipinski definition) is 3. The van der Waals surface area contributed by atoms with Crippen LogP contribution in [0.25, 0.3) is 6.08 Å². The Hall–Kier alpha value is -1.88. The fourth-order valence-electron chi connectivity index (χ4n) is 4.32. The minimum Gasteiger partial charge on any atom is -0.386 e. The summed E-state index contributed by atoms with van der Waals surface area (Å²) in [6.07, 6.45) is 8.09. The molecule has 0 saturated carbocycles. The van der Waals surface area contributed by atoms with Crippen molar-refractivity contribution in [3.05, 3.63) is 44.6 Å². The van der Waals surface area contributed by atoms with Crippen molar-refractivity contribution < 1.29 is 5.11 Å². The molecule has 2 aliphatic rings. The van der Waals surface area contributed by atoms with Gasteiger partial charge in [-0.25, -0.2) is 4.79 Å². The Kier molecular flexibility index (Phi) is 4.87. The average Bonchev–Trinajstić information content (AvgIpc) is 2.77. The molecule has 1 aromatic heterocycles. The maximum absolute atomic E-state index is 12.8. The molecule has 5 nitrogen and oxygen atoms in total. The second kappa shape index (κ2) is 6.62. The summed E-state index contributed by atoms with van der Waals surface area (Å²) in [6, 6.07) is 0.0934. The molecule has 1 aliphatic carbocycles. The Morgan fingerprint density at radius 2 is 1.89 bits per heavy atom. The number of imidazole rings is 1. The van der Waals surface area contributed by atoms with Gasteiger partial charge in [-0.3, -0.25) is 14.1 Å². The van der Waals surface area contributed by atoms with Crippen LogP contribution in [0.3, 0.4) is 0 Å². The zero-order valence-electron chi connectivity index (χ0n) is 17.7. The van der Waals surface area contributed by atoms with E-state index in [0.29, 0.717) is 6.54 Å². The van der Waals surface area contributed by atoms with Gasteiger partial charge < -0.3 is 5.11 Å². The Morgan fingerprint density at radius 1 is 1.22 bits per heavy atom. The zero-order valence-corrected chi connectivity index (χ0v) is 17.7. The van der Waals surface area contributed by atoms with Gasteiger partial charge in [0.1, 0.15) is 0 Å². The first-order valence-electron chi connectivity index (χ1n) is 9.84. The normalized spacial score (nSPS) is 23.1. The van der Waals surface area contributed by atoms with Crippen molar-refractivity contribution in [1.29, 1.82) is 0 Å². The third kappa shape index (κ3) is 3.75. The van der Waals surface area contributed by atoms with Crippen LogP contribution in [0.1, 0.15) is 54.4 Å². The Labute approximate surface area is 161 Å². The number of aromatic nitrogens is 2. The second-order valence-electron chi connectivity index (χ2n) is 9.73. The molecule has 0 spiro atoms. The van der Waals surface area contributed by atoms with Gasteiger partial charge in [-0.2, -0.15) is 0 Å². The molecule has 2 unspecified atom stereocenters. The molecule has 2 atom stereocenters. The zero-order chi connectivity index (χ0) is 20.1. The van der Waals surface area contributed by atoms with Crippen LogP contribution < -0.4 is 16.5 Å². The van der Waals surface area contributed by atoms with Gasteiger partial charge in [-0.15, -0.1) is 0 Å². The van der Waals surface area contributed by atoms with E-state index in [1.807, 2.05) is 31.5 Å². The highest BCUT2D eigenvalue weighted by atomic mass is 16.3. The van der Waals surface area contributed by atoms with E-state index >= 15 is 0 Å². The minimum absolute atomic E-state index is 0.00330. The molecule has 5 heteroatoms. The second-order valence-corrected chi connectivity index (χ2v) is 9.73. The van der Waals surface area contributed by atoms with E-state index in [-0.39, 0.29) is 23.1 Å². The van der Waals surface area contributed by atoms with Crippen molar-refractivity contribution in [3.63, 3.8) is 0 Å². The molecule has 0 saturated heterocycles. The molecule has 0 aromatic carbocycles. The molecule has 0 bridgehead atoms. The first-order valence-corrected chi connectivity index (χ1v) is 9.84. The molecule has 2 heterocycles. The fourth-order valence-corrected chi connectivity index (χ4v) is 4.32. The molecular formula is C22H33N3O2. The van der Waals surface area contributed by atoms with Crippen LogP contribution in [0.4, 0.5) is 0 Å². The topological polar surface area (TPSA) is 59.5 Å². The molecule has 3 rings (SSSR count). The van der Waals surface area contributed by atoms with Gasteiger partial charge in [0.05, 0.1) is 17.0 Å². The van der Waals surface area contributed by atoms with Crippen LogP contribution in [-0.4, -0.2) is 25.9 Å². The lowest BCUT2D eigenvalue weighted by molar-refractivity contribution is 0.121. The quantitative estimate of drug-likeness (QED) is 0.884. The summed E-state index contributed by atoms with van der Waals surface area (Å²) in [4.78, 5) is 17.8. The maximum atomic E-state index is 12.8. The first-order chi connectivity index (χ1) is 12.4. The van der Waals surface area contributed by atoms with E-state index < -0.39 is 5.60 Å². The highest BCUT2D eigenvalue weighted by Gasteiger charge is 2.31. The van der Waals surface area contributed by atoms with Crippen LogP contribution in [0.15, 0.2) is 33.1 Å². The maximum Gasteiger partial charge on any atom is 0.330 e. The van der Waals surface area contributed by atoms with Gasteiger partial charge in [0.25, 0.3) is 0 Å². The van der Waals surface area contributed by atoms with E-state index in [2.05, 4.69) is 39.8 Å². The lowest BCUT2D eigenvalue weighted by Crippen LogP contribution is -2.41. The third-order valence-corrected chi connectivity index (χ3v) is 5.61. The molecule has 0 fully saturated rings. The molecule has 1 aromatic rings. The van der Waals surface area contributed by atoms with E-state index in [0.717, 1.165) is 29.3 Å². The highest BCUT2D eigenvalue weighted by molar-refractivity contribution is 5.38. The summed E-state index contributed by atoms with van der Waals surface area (Å²) in [5.74, 6) is 0.252. The predicted octanol–water partition coefficient (Wildman–Crippen LogP) is 2.07. The minimum atomic E-state index is -0.855. The van der Waals surface area contributed by atoms with Gasteiger partial charge in [0.15, 0.2) is 5.49 Å². The summed E-state index contributed by atoms with van der Waals surface area (Å²) in [5.41, 5.74) is 2.15. The number of fused-ring (bicyclic) bond motifs is 1. The molecule has 0 radical (unpaired) electrons. The van der Waals surface area contributed by atoms with Crippen LogP contribution in [0, 0.1) is 11.3 Å². The highest BCUT2D eigenvalue weighted by Crippen LogP contribution is 2.35. The van der Waals surface area contributed by atoms with Gasteiger partial charge in [0.2, 0.25) is 0 Å². The van der Waals surface area contributed by atoms with Crippen molar-refractivity contribution in [2.45, 2.75) is 72.6 Å². The van der Waals surface area contributed by atoms with Crippen LogP contribution in [-0.2, 0) is 13.6 Å². The summed E-state index contributed by atoms with van der Waals surface area (Å²) in [5, 5.41) is 11.4. The fraction of sp³-hybridized carbons (Fsp3) is 0.636. The summed E-state index contributed by atoms with van der Waals surface area (Å²) in [7, 11) is 1.81. The smallest absolute Gasteiger partial charge is 0.330 e. The Balaban J connectivity index is 2.05. The van der Waals surface area contributed by atoms with Crippen molar-refractivity contribution >= 4 is 6.08 Å². The van der Waals surface area contributed by atoms with E-state index in [9.17, 15) is 9.90 Å². The monoisotopic (exact) mass is 371 g/mol. The molecule has 0 amide bonds. The average molecular weight is 372 g/mol. The van der Waals surface area contributed by atoms with Crippen molar-refractivity contribution in [2.75, 3.05) is 0 Å². The number of allylic oxidation sites excluding steroid dienone is 1. The van der Waals surface area contributed by atoms with Crippen molar-refractivity contribution in [2.24, 2.45) is 23.4 Å². The largest absolute Gasteiger partial charge is 0.386 e. The Morgan fingerprint density at radius 3 is 2.48 bits per heavy atom. The molecule has 148 valence electrons. The van der Waals surface area contributed by atoms with Crippen LogP contribution in [0.5, 0.6) is 0 Å². The van der Waals surface area contributed by atoms with Gasteiger partial charge in [0, 0.05) is 19.5 Å². The van der Waals surface area contributed by atoms with Crippen molar-refractivity contribution in [1.82, 2.24) is 9.13 Å². The summed E-state index contributed by atoms with van der Waals surface area (Å²) < 4.78 is 3.54. The third-order valence-electron chi connectivity index (χ3n) is 5.61. The predicted molar refractivity (Wildman–Crippen MR) is 109 cm³/mol. The first kappa shape index (κ1) is 19.9. The van der Waals surface area contributed by atoms with Crippen LogP contribution >= 0.6 is 0 Å². The van der Waals surface area contributed by atoms with E-state index in [1.165, 1.54) is 5.57 Å². The number of rotatable bonds is 3. The number of hydrogen-bond donors (Lipinski definition) is 1. The molecular weight excluding hydrogens is 338 g/mol. The SMILES string of the molecule is CC1=C(C(C)(C)O)C=CCC1C1CC=c2c(n(C)c(=O)n2CC(C)(C)C)=N1. The number of nitrogens with zero attached hydrogens (tertiary/aromatic N) is 3. The molecule has 1 N–H and O–H groups in total. The summed E-state index contributed by atoms with van der Waals surface area (Å²) >= 11 is 0. The van der Waals surface area contributed by atoms with Gasteiger partial charge >= 0.3 is 5.69 Å². The number of aliphatic hydroxyl groups is 1.